The van der Waals surface area contributed by atoms with Crippen LogP contribution in [0.15, 0.2) is 30.3 Å². The minimum atomic E-state index is -3.37. The Labute approximate surface area is 63.1 Å². The maximum atomic E-state index is 12.5. The zero-order chi connectivity index (χ0) is 8.32. The fourth-order valence-corrected chi connectivity index (χ4v) is 0.703. The summed E-state index contributed by atoms with van der Waals surface area (Å²) >= 11 is 0. The molecule has 0 radical (unpaired) electrons. The molecule has 1 aromatic carbocycles. The summed E-state index contributed by atoms with van der Waals surface area (Å²) in [5.41, 5.74) is -0.255. The minimum absolute atomic E-state index is 0.255. The van der Waals surface area contributed by atoms with Crippen molar-refractivity contribution >= 4 is 0 Å². The van der Waals surface area contributed by atoms with E-state index >= 15 is 0 Å². The lowest BCUT2D eigenvalue weighted by Crippen LogP contribution is -2.05. The predicted molar refractivity (Wildman–Crippen MR) is 36.9 cm³/mol. The third-order valence-corrected chi connectivity index (χ3v) is 1.26. The van der Waals surface area contributed by atoms with Gasteiger partial charge in [0.05, 0.1) is 0 Å². The first kappa shape index (κ1) is 7.67. The van der Waals surface area contributed by atoms with Crippen LogP contribution < -0.4 is 0 Å². The molecule has 56 valence electrons. The lowest BCUT2D eigenvalue weighted by molar-refractivity contribution is 0.0490. The van der Waals surface area contributed by atoms with Gasteiger partial charge in [-0.1, -0.05) is 18.2 Å². The first-order valence-electron chi connectivity index (χ1n) is 2.99. The lowest BCUT2D eigenvalue weighted by Gasteiger charge is -2.00. The van der Waals surface area contributed by atoms with Crippen LogP contribution >= 0.6 is 0 Å². The molecule has 0 bridgehead atoms. The maximum Gasteiger partial charge on any atom is 0.557 e. The lowest BCUT2D eigenvalue weighted by atomic mass is 10.2. The Balaban J connectivity index is 3.05. The van der Waals surface area contributed by atoms with Crippen molar-refractivity contribution in [2.45, 2.75) is 6.05 Å². The molecule has 0 heterocycles. The van der Waals surface area contributed by atoms with E-state index in [1.165, 1.54) is 24.3 Å². The van der Waals surface area contributed by atoms with Crippen LogP contribution in [0.2, 0.25) is 0 Å². The summed E-state index contributed by atoms with van der Waals surface area (Å²) in [5, 5.41) is 0. The zero-order valence-electron chi connectivity index (χ0n) is 5.59. The highest BCUT2D eigenvalue weighted by Gasteiger charge is 2.38. The monoisotopic (exact) mass is 153 g/mol. The highest BCUT2D eigenvalue weighted by molar-refractivity contribution is 5.21. The minimum Gasteiger partial charge on any atom is -0.237 e. The molecular formula is C8H5F2N. The Morgan fingerprint density at radius 1 is 1.18 bits per heavy atom. The van der Waals surface area contributed by atoms with Gasteiger partial charge in [-0.15, -0.1) is 8.78 Å². The SMILES string of the molecule is [C-]#[N+]C(F)(F)c1ccccc1. The molecule has 0 saturated carbocycles. The molecule has 0 spiro atoms. The molecule has 0 aliphatic carbocycles. The van der Waals surface area contributed by atoms with Gasteiger partial charge in [-0.3, -0.25) is 0 Å². The van der Waals surface area contributed by atoms with Gasteiger partial charge in [0.2, 0.25) is 0 Å². The molecule has 1 aromatic rings. The van der Waals surface area contributed by atoms with Crippen molar-refractivity contribution in [3.63, 3.8) is 0 Å². The van der Waals surface area contributed by atoms with Crippen LogP contribution in [0.3, 0.4) is 0 Å². The number of hydrogen-bond donors (Lipinski definition) is 0. The Bertz CT molecular complexity index is 274. The van der Waals surface area contributed by atoms with E-state index in [4.69, 9.17) is 6.57 Å². The number of alkyl halides is 2. The van der Waals surface area contributed by atoms with E-state index in [9.17, 15) is 8.78 Å². The summed E-state index contributed by atoms with van der Waals surface area (Å²) in [5.74, 6) is 0. The van der Waals surface area contributed by atoms with Crippen LogP contribution in [0, 0.1) is 6.57 Å². The normalized spacial score (nSPS) is 10.6. The quantitative estimate of drug-likeness (QED) is 0.431. The number of nitrogens with zero attached hydrogens (tertiary/aromatic N) is 1. The second-order valence-corrected chi connectivity index (χ2v) is 2.02. The summed E-state index contributed by atoms with van der Waals surface area (Å²) in [4.78, 5) is 2.21. The van der Waals surface area contributed by atoms with Gasteiger partial charge in [0, 0.05) is 0 Å². The Kier molecular flexibility index (Phi) is 1.86. The highest BCUT2D eigenvalue weighted by atomic mass is 19.3. The first-order chi connectivity index (χ1) is 5.17. The van der Waals surface area contributed by atoms with E-state index in [-0.39, 0.29) is 5.56 Å². The van der Waals surface area contributed by atoms with Gasteiger partial charge in [0.25, 0.3) is 0 Å². The van der Waals surface area contributed by atoms with Crippen molar-refractivity contribution in [2.75, 3.05) is 0 Å². The topological polar surface area (TPSA) is 4.36 Å². The molecule has 0 aliphatic heterocycles. The molecule has 0 unspecified atom stereocenters. The van der Waals surface area contributed by atoms with Gasteiger partial charge in [-0.25, -0.2) is 11.4 Å². The molecule has 0 N–H and O–H groups in total. The molecule has 3 heteroatoms. The molecular weight excluding hydrogens is 148 g/mol. The van der Waals surface area contributed by atoms with Gasteiger partial charge < -0.3 is 0 Å². The smallest absolute Gasteiger partial charge is 0.237 e. The molecule has 1 nitrogen and oxygen atoms in total. The maximum absolute atomic E-state index is 12.5. The highest BCUT2D eigenvalue weighted by Crippen LogP contribution is 2.28. The Hall–Kier alpha value is -1.43. The molecule has 0 saturated heterocycles. The van der Waals surface area contributed by atoms with E-state index in [0.29, 0.717) is 0 Å². The second kappa shape index (κ2) is 2.67. The molecule has 0 fully saturated rings. The van der Waals surface area contributed by atoms with Crippen LogP contribution in [-0.4, -0.2) is 0 Å². The third-order valence-electron chi connectivity index (χ3n) is 1.26. The summed E-state index contributed by atoms with van der Waals surface area (Å²) in [6.45, 7) is 6.22. The van der Waals surface area contributed by atoms with Gasteiger partial charge in [-0.05, 0) is 12.1 Å². The number of halogens is 2. The second-order valence-electron chi connectivity index (χ2n) is 2.02. The summed E-state index contributed by atoms with van der Waals surface area (Å²) in [6.07, 6.45) is 0. The van der Waals surface area contributed by atoms with Crippen LogP contribution in [0.4, 0.5) is 8.78 Å². The fourth-order valence-electron chi connectivity index (χ4n) is 0.703. The summed E-state index contributed by atoms with van der Waals surface area (Å²) in [7, 11) is 0. The van der Waals surface area contributed by atoms with Crippen LogP contribution in [0.25, 0.3) is 4.85 Å². The van der Waals surface area contributed by atoms with Crippen molar-refractivity contribution in [3.05, 3.63) is 47.3 Å². The van der Waals surface area contributed by atoms with Gasteiger partial charge in [0.1, 0.15) is 5.56 Å². The average molecular weight is 153 g/mol. The number of rotatable bonds is 1. The van der Waals surface area contributed by atoms with Gasteiger partial charge >= 0.3 is 6.05 Å². The summed E-state index contributed by atoms with van der Waals surface area (Å²) in [6, 6.07) is 3.68. The van der Waals surface area contributed by atoms with E-state index in [1.54, 1.807) is 6.07 Å². The largest absolute Gasteiger partial charge is 0.557 e. The van der Waals surface area contributed by atoms with Crippen LogP contribution in [0.1, 0.15) is 5.56 Å². The van der Waals surface area contributed by atoms with Crippen LogP contribution in [-0.2, 0) is 6.05 Å². The third kappa shape index (κ3) is 1.53. The van der Waals surface area contributed by atoms with Crippen LogP contribution in [0.5, 0.6) is 0 Å². The van der Waals surface area contributed by atoms with Crippen molar-refractivity contribution in [3.8, 4) is 0 Å². The molecule has 0 aliphatic rings. The summed E-state index contributed by atoms with van der Waals surface area (Å²) < 4.78 is 25.1. The van der Waals surface area contributed by atoms with Crippen molar-refractivity contribution in [1.82, 2.24) is 0 Å². The molecule has 11 heavy (non-hydrogen) atoms. The number of benzene rings is 1. The van der Waals surface area contributed by atoms with Crippen molar-refractivity contribution in [2.24, 2.45) is 0 Å². The Morgan fingerprint density at radius 2 is 1.73 bits per heavy atom. The zero-order valence-corrected chi connectivity index (χ0v) is 5.59. The number of hydrogen-bond acceptors (Lipinski definition) is 0. The standard InChI is InChI=1S/C8H5F2N/c1-11-8(9,10)7-5-3-2-4-6-7/h2-6H. The fraction of sp³-hybridized carbons (Fsp3) is 0.125. The van der Waals surface area contributed by atoms with Gasteiger partial charge in [0.15, 0.2) is 0 Å². The predicted octanol–water partition coefficient (Wildman–Crippen LogP) is 2.66. The van der Waals surface area contributed by atoms with Crippen molar-refractivity contribution < 1.29 is 8.78 Å². The molecule has 0 amide bonds. The van der Waals surface area contributed by atoms with Crippen molar-refractivity contribution in [1.29, 1.82) is 0 Å². The molecule has 0 atom stereocenters. The van der Waals surface area contributed by atoms with E-state index < -0.39 is 6.05 Å². The first-order valence-corrected chi connectivity index (χ1v) is 2.99. The average Bonchev–Trinajstić information content (AvgIpc) is 2.06. The van der Waals surface area contributed by atoms with Gasteiger partial charge in [-0.2, -0.15) is 0 Å². The van der Waals surface area contributed by atoms with E-state index in [0.717, 1.165) is 0 Å². The van der Waals surface area contributed by atoms with E-state index in [2.05, 4.69) is 4.85 Å². The molecule has 1 rings (SSSR count). The van der Waals surface area contributed by atoms with E-state index in [1.807, 2.05) is 0 Å². The Morgan fingerprint density at radius 3 is 2.18 bits per heavy atom. The molecule has 0 aromatic heterocycles.